The van der Waals surface area contributed by atoms with Crippen molar-refractivity contribution in [1.82, 2.24) is 5.32 Å². The monoisotopic (exact) mass is 215 g/mol. The first-order valence-electron chi connectivity index (χ1n) is 6.26. The van der Waals surface area contributed by atoms with Gasteiger partial charge >= 0.3 is 0 Å². The zero-order valence-corrected chi connectivity index (χ0v) is 9.78. The van der Waals surface area contributed by atoms with Crippen molar-refractivity contribution in [3.63, 3.8) is 0 Å². The van der Waals surface area contributed by atoms with Crippen LogP contribution >= 0.6 is 0 Å². The number of hydrogen-bond acceptors (Lipinski definition) is 3. The molecule has 1 aliphatic rings. The number of aliphatic hydroxyl groups is 2. The van der Waals surface area contributed by atoms with Gasteiger partial charge in [0.25, 0.3) is 0 Å². The molecule has 90 valence electrons. The fourth-order valence-corrected chi connectivity index (χ4v) is 2.28. The molecule has 1 rings (SSSR count). The minimum absolute atomic E-state index is 0.101. The molecule has 0 spiro atoms. The molecule has 3 nitrogen and oxygen atoms in total. The lowest BCUT2D eigenvalue weighted by Gasteiger charge is -2.29. The lowest BCUT2D eigenvalue weighted by atomic mass is 9.86. The van der Waals surface area contributed by atoms with E-state index in [1.165, 1.54) is 12.8 Å². The van der Waals surface area contributed by atoms with Gasteiger partial charge in [-0.2, -0.15) is 0 Å². The van der Waals surface area contributed by atoms with Gasteiger partial charge in [-0.25, -0.2) is 0 Å². The van der Waals surface area contributed by atoms with E-state index in [4.69, 9.17) is 5.11 Å². The maximum absolute atomic E-state index is 9.78. The van der Waals surface area contributed by atoms with E-state index >= 15 is 0 Å². The lowest BCUT2D eigenvalue weighted by Crippen LogP contribution is -2.37. The van der Waals surface area contributed by atoms with Gasteiger partial charge in [-0.1, -0.05) is 12.8 Å². The van der Waals surface area contributed by atoms with Crippen LogP contribution in [-0.4, -0.2) is 35.5 Å². The van der Waals surface area contributed by atoms with E-state index in [1.807, 2.05) is 0 Å². The van der Waals surface area contributed by atoms with E-state index in [0.717, 1.165) is 32.2 Å². The molecule has 1 saturated carbocycles. The second-order valence-corrected chi connectivity index (χ2v) is 4.79. The quantitative estimate of drug-likeness (QED) is 0.626. The number of aliphatic hydroxyl groups excluding tert-OH is 2. The summed E-state index contributed by atoms with van der Waals surface area (Å²) in [5, 5.41) is 21.9. The molecule has 0 radical (unpaired) electrons. The predicted molar refractivity (Wildman–Crippen MR) is 61.7 cm³/mol. The summed E-state index contributed by atoms with van der Waals surface area (Å²) in [6, 6.07) is 0.450. The summed E-state index contributed by atoms with van der Waals surface area (Å²) < 4.78 is 0. The Kier molecular flexibility index (Phi) is 6.22. The van der Waals surface area contributed by atoms with Gasteiger partial charge in [0.1, 0.15) is 0 Å². The molecule has 0 aromatic heterocycles. The molecule has 0 amide bonds. The lowest BCUT2D eigenvalue weighted by molar-refractivity contribution is 0.0681. The van der Waals surface area contributed by atoms with Crippen molar-refractivity contribution < 1.29 is 10.2 Å². The molecule has 1 aliphatic carbocycles. The molecule has 3 N–H and O–H groups in total. The van der Waals surface area contributed by atoms with Crippen LogP contribution in [0.1, 0.15) is 45.4 Å². The summed E-state index contributed by atoms with van der Waals surface area (Å²) in [6.45, 7) is 3.34. The Bertz CT molecular complexity index is 164. The van der Waals surface area contributed by atoms with Crippen molar-refractivity contribution in [2.45, 2.75) is 57.6 Å². The van der Waals surface area contributed by atoms with Crippen LogP contribution < -0.4 is 5.32 Å². The fourth-order valence-electron chi connectivity index (χ4n) is 2.28. The van der Waals surface area contributed by atoms with Crippen LogP contribution in [0.4, 0.5) is 0 Å². The highest BCUT2D eigenvalue weighted by atomic mass is 16.3. The molecule has 0 aromatic carbocycles. The molecule has 3 heteroatoms. The van der Waals surface area contributed by atoms with E-state index in [-0.39, 0.29) is 12.7 Å². The number of hydrogen-bond donors (Lipinski definition) is 3. The number of rotatable bonds is 6. The van der Waals surface area contributed by atoms with Crippen molar-refractivity contribution in [3.05, 3.63) is 0 Å². The van der Waals surface area contributed by atoms with E-state index in [9.17, 15) is 5.11 Å². The first-order chi connectivity index (χ1) is 7.24. The van der Waals surface area contributed by atoms with Gasteiger partial charge < -0.3 is 15.5 Å². The van der Waals surface area contributed by atoms with Gasteiger partial charge in [-0.15, -0.1) is 0 Å². The van der Waals surface area contributed by atoms with E-state index in [0.29, 0.717) is 12.0 Å². The van der Waals surface area contributed by atoms with Crippen LogP contribution in [-0.2, 0) is 0 Å². The van der Waals surface area contributed by atoms with Crippen LogP contribution in [0.15, 0.2) is 0 Å². The van der Waals surface area contributed by atoms with Crippen molar-refractivity contribution in [3.8, 4) is 0 Å². The average molecular weight is 215 g/mol. The smallest absolute Gasteiger partial charge is 0.0580 e. The first kappa shape index (κ1) is 12.9. The Balaban J connectivity index is 2.11. The largest absolute Gasteiger partial charge is 0.396 e. The Morgan fingerprint density at radius 2 is 2.07 bits per heavy atom. The average Bonchev–Trinajstić information content (AvgIpc) is 2.25. The third-order valence-corrected chi connectivity index (χ3v) is 3.39. The molecule has 0 aliphatic heterocycles. The molecule has 1 fully saturated rings. The fraction of sp³-hybridized carbons (Fsp3) is 1.00. The second-order valence-electron chi connectivity index (χ2n) is 4.79. The minimum Gasteiger partial charge on any atom is -0.396 e. The summed E-state index contributed by atoms with van der Waals surface area (Å²) in [7, 11) is 0. The Morgan fingerprint density at radius 3 is 2.73 bits per heavy atom. The molecule has 15 heavy (non-hydrogen) atoms. The van der Waals surface area contributed by atoms with Crippen LogP contribution in [0.5, 0.6) is 0 Å². The SMILES string of the molecule is CC(CCCO)NCC1CCCCC1O. The normalized spacial score (nSPS) is 29.0. The van der Waals surface area contributed by atoms with Crippen molar-refractivity contribution in [1.29, 1.82) is 0 Å². The second kappa shape index (κ2) is 7.20. The Labute approximate surface area is 92.9 Å². The summed E-state index contributed by atoms with van der Waals surface area (Å²) in [4.78, 5) is 0. The van der Waals surface area contributed by atoms with E-state index in [2.05, 4.69) is 12.2 Å². The third kappa shape index (κ3) is 4.96. The van der Waals surface area contributed by atoms with Crippen LogP contribution in [0.25, 0.3) is 0 Å². The van der Waals surface area contributed by atoms with Gasteiger partial charge in [0.2, 0.25) is 0 Å². The molecule has 3 unspecified atom stereocenters. The molecular formula is C12H25NO2. The first-order valence-corrected chi connectivity index (χ1v) is 6.26. The maximum atomic E-state index is 9.78. The summed E-state index contributed by atoms with van der Waals surface area (Å²) in [5.41, 5.74) is 0. The molecule has 0 heterocycles. The number of nitrogens with one attached hydrogen (secondary N) is 1. The van der Waals surface area contributed by atoms with E-state index < -0.39 is 0 Å². The molecule has 3 atom stereocenters. The highest BCUT2D eigenvalue weighted by Gasteiger charge is 2.22. The zero-order chi connectivity index (χ0) is 11.1. The van der Waals surface area contributed by atoms with Gasteiger partial charge in [-0.05, 0) is 38.5 Å². The van der Waals surface area contributed by atoms with Crippen molar-refractivity contribution >= 4 is 0 Å². The van der Waals surface area contributed by atoms with Gasteiger partial charge in [0, 0.05) is 19.2 Å². The Morgan fingerprint density at radius 1 is 1.33 bits per heavy atom. The highest BCUT2D eigenvalue weighted by Crippen LogP contribution is 2.23. The van der Waals surface area contributed by atoms with Crippen molar-refractivity contribution in [2.24, 2.45) is 5.92 Å². The summed E-state index contributed by atoms with van der Waals surface area (Å²) >= 11 is 0. The minimum atomic E-state index is -0.101. The molecule has 0 saturated heterocycles. The predicted octanol–water partition coefficient (Wildman–Crippen LogP) is 1.29. The summed E-state index contributed by atoms with van der Waals surface area (Å²) in [6.07, 6.45) is 6.33. The topological polar surface area (TPSA) is 52.5 Å². The Hall–Kier alpha value is -0.120. The van der Waals surface area contributed by atoms with Crippen LogP contribution in [0.3, 0.4) is 0 Å². The molecular weight excluding hydrogens is 190 g/mol. The zero-order valence-electron chi connectivity index (χ0n) is 9.78. The molecule has 0 bridgehead atoms. The standard InChI is InChI=1S/C12H25NO2/c1-10(5-4-8-14)13-9-11-6-2-3-7-12(11)15/h10-15H,2-9H2,1H3. The highest BCUT2D eigenvalue weighted by molar-refractivity contribution is 4.77. The van der Waals surface area contributed by atoms with Gasteiger partial charge in [0.05, 0.1) is 6.10 Å². The van der Waals surface area contributed by atoms with Gasteiger partial charge in [0.15, 0.2) is 0 Å². The molecule has 0 aromatic rings. The van der Waals surface area contributed by atoms with Crippen molar-refractivity contribution in [2.75, 3.05) is 13.2 Å². The van der Waals surface area contributed by atoms with Crippen LogP contribution in [0.2, 0.25) is 0 Å². The summed E-state index contributed by atoms with van der Waals surface area (Å²) in [5.74, 6) is 0.440. The van der Waals surface area contributed by atoms with E-state index in [1.54, 1.807) is 0 Å². The van der Waals surface area contributed by atoms with Crippen LogP contribution in [0, 0.1) is 5.92 Å². The van der Waals surface area contributed by atoms with Gasteiger partial charge in [-0.3, -0.25) is 0 Å². The maximum Gasteiger partial charge on any atom is 0.0580 e. The third-order valence-electron chi connectivity index (χ3n) is 3.39.